The maximum Gasteiger partial charge on any atom is 0.0757 e. The second-order valence-electron chi connectivity index (χ2n) is 10.0. The predicted molar refractivity (Wildman–Crippen MR) is 164 cm³/mol. The van der Waals surface area contributed by atoms with E-state index in [1.54, 1.807) is 0 Å². The molecule has 0 aromatic heterocycles. The van der Waals surface area contributed by atoms with Gasteiger partial charge < -0.3 is 0 Å². The summed E-state index contributed by atoms with van der Waals surface area (Å²) < 4.78 is 0. The Kier molecular flexibility index (Phi) is 5.33. The van der Waals surface area contributed by atoms with Crippen molar-refractivity contribution in [3.8, 4) is 22.3 Å². The third-order valence-corrected chi connectivity index (χ3v) is 10.3. The summed E-state index contributed by atoms with van der Waals surface area (Å²) in [5, 5.41) is 0. The van der Waals surface area contributed by atoms with Crippen LogP contribution < -0.4 is 0 Å². The number of benzene rings is 6. The van der Waals surface area contributed by atoms with Gasteiger partial charge in [-0.15, -0.1) is 0 Å². The average Bonchev–Trinajstić information content (AvgIpc) is 3.01. The van der Waals surface area contributed by atoms with Crippen molar-refractivity contribution >= 4 is 23.5 Å². The summed E-state index contributed by atoms with van der Waals surface area (Å²) in [7, 11) is 0. The largest absolute Gasteiger partial charge is 0.0894 e. The molecule has 8 rings (SSSR count). The standard InChI is InChI=1S/C37H24S2/c1-3-13-25(14-4-1)27-17-11-23-33-35(27)37(29-19-7-9-21-31(29)38-32-22-10-8-20-30(32)37)36-28(18-12-24-34(36)39-33)26-15-5-2-6-16-26/h1-24H. The molecule has 0 bridgehead atoms. The van der Waals surface area contributed by atoms with Crippen molar-refractivity contribution in [3.63, 3.8) is 0 Å². The van der Waals surface area contributed by atoms with Gasteiger partial charge in [-0.1, -0.05) is 145 Å². The van der Waals surface area contributed by atoms with E-state index < -0.39 is 5.41 Å². The van der Waals surface area contributed by atoms with E-state index in [-0.39, 0.29) is 0 Å². The molecule has 39 heavy (non-hydrogen) atoms. The quantitative estimate of drug-likeness (QED) is 0.217. The van der Waals surface area contributed by atoms with Crippen molar-refractivity contribution in [2.24, 2.45) is 0 Å². The van der Waals surface area contributed by atoms with Crippen LogP contribution in [0, 0.1) is 0 Å². The predicted octanol–water partition coefficient (Wildman–Crippen LogP) is 10.3. The van der Waals surface area contributed by atoms with Gasteiger partial charge in [0.15, 0.2) is 0 Å². The normalized spacial score (nSPS) is 14.2. The molecule has 0 aliphatic carbocycles. The van der Waals surface area contributed by atoms with Gasteiger partial charge >= 0.3 is 0 Å². The van der Waals surface area contributed by atoms with Crippen LogP contribution in [0.4, 0.5) is 0 Å². The molecule has 0 fully saturated rings. The lowest BCUT2D eigenvalue weighted by atomic mass is 9.61. The fraction of sp³-hybridized carbons (Fsp3) is 0.0270. The molecule has 184 valence electrons. The van der Waals surface area contributed by atoms with Crippen LogP contribution in [-0.4, -0.2) is 0 Å². The van der Waals surface area contributed by atoms with Crippen LogP contribution in [0.5, 0.6) is 0 Å². The molecular formula is C37H24S2. The molecule has 0 unspecified atom stereocenters. The van der Waals surface area contributed by atoms with Gasteiger partial charge in [0.2, 0.25) is 0 Å². The Labute approximate surface area is 237 Å². The molecule has 0 saturated heterocycles. The number of hydrogen-bond donors (Lipinski definition) is 0. The summed E-state index contributed by atoms with van der Waals surface area (Å²) in [4.78, 5) is 5.30. The Bertz CT molecular complexity index is 1720. The van der Waals surface area contributed by atoms with Crippen molar-refractivity contribution in [1.29, 1.82) is 0 Å². The van der Waals surface area contributed by atoms with Crippen molar-refractivity contribution in [3.05, 3.63) is 168 Å². The van der Waals surface area contributed by atoms with Gasteiger partial charge in [0.1, 0.15) is 0 Å². The molecule has 6 aromatic rings. The fourth-order valence-electron chi connectivity index (χ4n) is 6.50. The monoisotopic (exact) mass is 532 g/mol. The zero-order valence-electron chi connectivity index (χ0n) is 21.2. The van der Waals surface area contributed by atoms with E-state index in [0.717, 1.165) is 0 Å². The first-order valence-corrected chi connectivity index (χ1v) is 14.9. The Morgan fingerprint density at radius 3 is 1.21 bits per heavy atom. The third kappa shape index (κ3) is 3.35. The Morgan fingerprint density at radius 2 is 0.718 bits per heavy atom. The van der Waals surface area contributed by atoms with Gasteiger partial charge in [-0.05, 0) is 68.8 Å². The highest BCUT2D eigenvalue weighted by Crippen LogP contribution is 2.64. The third-order valence-electron chi connectivity index (χ3n) is 7.99. The maximum absolute atomic E-state index is 2.37. The highest BCUT2D eigenvalue weighted by molar-refractivity contribution is 8.00. The van der Waals surface area contributed by atoms with Crippen LogP contribution in [0.15, 0.2) is 165 Å². The minimum absolute atomic E-state index is 0.465. The van der Waals surface area contributed by atoms with Crippen LogP contribution in [0.2, 0.25) is 0 Å². The second-order valence-corrected chi connectivity index (χ2v) is 12.2. The summed E-state index contributed by atoms with van der Waals surface area (Å²) in [5.41, 5.74) is 10.1. The topological polar surface area (TPSA) is 0 Å². The van der Waals surface area contributed by atoms with Crippen LogP contribution in [0.25, 0.3) is 22.3 Å². The molecule has 1 spiro atoms. The SMILES string of the molecule is c1ccc(-c2cccc3c2C2(c4ccccc4Sc4ccccc42)c2c(cccc2-c2ccccc2)S3)cc1. The first-order valence-electron chi connectivity index (χ1n) is 13.3. The summed E-state index contributed by atoms with van der Waals surface area (Å²) in [6.45, 7) is 0. The van der Waals surface area contributed by atoms with Crippen LogP contribution >= 0.6 is 23.5 Å². The number of rotatable bonds is 2. The fourth-order valence-corrected chi connectivity index (χ4v) is 8.95. The van der Waals surface area contributed by atoms with Crippen LogP contribution in [0.3, 0.4) is 0 Å². The van der Waals surface area contributed by atoms with Crippen molar-refractivity contribution in [2.45, 2.75) is 25.0 Å². The Morgan fingerprint density at radius 1 is 0.333 bits per heavy atom. The molecule has 0 radical (unpaired) electrons. The zero-order chi connectivity index (χ0) is 25.8. The lowest BCUT2D eigenvalue weighted by Gasteiger charge is -2.47. The van der Waals surface area contributed by atoms with Crippen molar-refractivity contribution in [2.75, 3.05) is 0 Å². The molecule has 2 heterocycles. The van der Waals surface area contributed by atoms with Crippen LogP contribution in [0.1, 0.15) is 22.3 Å². The maximum atomic E-state index is 2.37. The molecule has 0 saturated carbocycles. The van der Waals surface area contributed by atoms with E-state index >= 15 is 0 Å². The summed E-state index contributed by atoms with van der Waals surface area (Å²) in [5.74, 6) is 0. The first-order chi connectivity index (χ1) is 19.4. The van der Waals surface area contributed by atoms with Gasteiger partial charge in [0.25, 0.3) is 0 Å². The first kappa shape index (κ1) is 23.0. The summed E-state index contributed by atoms with van der Waals surface area (Å²) in [6, 6.07) is 53.7. The number of fused-ring (bicyclic) bond motifs is 8. The lowest BCUT2D eigenvalue weighted by Crippen LogP contribution is -2.37. The summed E-state index contributed by atoms with van der Waals surface area (Å²) in [6.07, 6.45) is 0. The van der Waals surface area contributed by atoms with Crippen molar-refractivity contribution in [1.82, 2.24) is 0 Å². The average molecular weight is 533 g/mol. The molecule has 0 N–H and O–H groups in total. The number of hydrogen-bond acceptors (Lipinski definition) is 2. The Hall–Kier alpha value is -3.98. The molecule has 2 heteroatoms. The highest BCUT2D eigenvalue weighted by atomic mass is 32.2. The van der Waals surface area contributed by atoms with E-state index in [4.69, 9.17) is 0 Å². The van der Waals surface area contributed by atoms with Crippen LogP contribution in [-0.2, 0) is 5.41 Å². The van der Waals surface area contributed by atoms with E-state index in [2.05, 4.69) is 146 Å². The van der Waals surface area contributed by atoms with Gasteiger partial charge in [0, 0.05) is 19.6 Å². The molecule has 6 aromatic carbocycles. The molecule has 2 aliphatic heterocycles. The molecular weight excluding hydrogens is 509 g/mol. The van der Waals surface area contributed by atoms with Gasteiger partial charge in [0.05, 0.1) is 5.41 Å². The van der Waals surface area contributed by atoms with Gasteiger partial charge in [-0.25, -0.2) is 0 Å². The minimum Gasteiger partial charge on any atom is -0.0894 e. The lowest BCUT2D eigenvalue weighted by molar-refractivity contribution is 0.671. The minimum atomic E-state index is -0.465. The molecule has 2 aliphatic rings. The summed E-state index contributed by atoms with van der Waals surface area (Å²) >= 11 is 3.81. The van der Waals surface area contributed by atoms with E-state index in [1.165, 1.54) is 64.1 Å². The smallest absolute Gasteiger partial charge is 0.0757 e. The second kappa shape index (κ2) is 9.05. The van der Waals surface area contributed by atoms with Crippen molar-refractivity contribution < 1.29 is 0 Å². The van der Waals surface area contributed by atoms with E-state index in [9.17, 15) is 0 Å². The van der Waals surface area contributed by atoms with Gasteiger partial charge in [-0.2, -0.15) is 0 Å². The zero-order valence-corrected chi connectivity index (χ0v) is 22.8. The molecule has 0 amide bonds. The molecule has 0 nitrogen and oxygen atoms in total. The highest BCUT2D eigenvalue weighted by Gasteiger charge is 2.51. The van der Waals surface area contributed by atoms with Gasteiger partial charge in [-0.3, -0.25) is 0 Å². The van der Waals surface area contributed by atoms with E-state index in [0.29, 0.717) is 0 Å². The van der Waals surface area contributed by atoms with E-state index in [1.807, 2.05) is 23.5 Å². The Balaban J connectivity index is 1.61. The molecule has 0 atom stereocenters.